The second-order valence-electron chi connectivity index (χ2n) is 7.17. The monoisotopic (exact) mass is 339 g/mol. The van der Waals surface area contributed by atoms with Crippen molar-refractivity contribution in [3.63, 3.8) is 0 Å². The van der Waals surface area contributed by atoms with Crippen LogP contribution in [0.2, 0.25) is 0 Å². The molecule has 1 amide bonds. The number of rotatable bonds is 5. The van der Waals surface area contributed by atoms with E-state index in [-0.39, 0.29) is 0 Å². The van der Waals surface area contributed by atoms with Gasteiger partial charge in [-0.15, -0.1) is 0 Å². The van der Waals surface area contributed by atoms with E-state index in [1.807, 2.05) is 43.0 Å². The summed E-state index contributed by atoms with van der Waals surface area (Å²) in [6.45, 7) is 0. The van der Waals surface area contributed by atoms with E-state index in [9.17, 15) is 4.79 Å². The number of methoxy groups -OCH3 is 1. The van der Waals surface area contributed by atoms with Crippen LogP contribution in [0.25, 0.3) is 0 Å². The Kier molecular flexibility index (Phi) is 4.47. The van der Waals surface area contributed by atoms with E-state index in [0.29, 0.717) is 30.5 Å². The summed E-state index contributed by atoms with van der Waals surface area (Å²) in [6.07, 6.45) is 11.6. The van der Waals surface area contributed by atoms with Crippen molar-refractivity contribution in [2.45, 2.75) is 56.7 Å². The molecule has 2 aliphatic rings. The Hall–Kier alpha value is -2.30. The second kappa shape index (κ2) is 6.90. The highest BCUT2D eigenvalue weighted by molar-refractivity contribution is 5.77. The lowest BCUT2D eigenvalue weighted by Crippen LogP contribution is -2.46. The smallest absolute Gasteiger partial charge is 0.223 e. The number of fused-ring (bicyclic) bond motifs is 2. The average Bonchev–Trinajstić information content (AvgIpc) is 3.27. The minimum Gasteiger partial charge on any atom is -0.497 e. The number of benzene rings is 1. The number of piperidine rings is 1. The third kappa shape index (κ3) is 3.28. The molecule has 2 aromatic rings. The highest BCUT2D eigenvalue weighted by Crippen LogP contribution is 2.41. The van der Waals surface area contributed by atoms with Crippen molar-refractivity contribution in [3.05, 3.63) is 48.5 Å². The molecular formula is C20H25N3O2. The number of carbonyl (C=O) groups excluding carboxylic acids is 1. The molecule has 2 aliphatic heterocycles. The van der Waals surface area contributed by atoms with Crippen LogP contribution in [0.15, 0.2) is 43.0 Å². The highest BCUT2D eigenvalue weighted by Gasteiger charge is 2.43. The second-order valence-corrected chi connectivity index (χ2v) is 7.17. The lowest BCUT2D eigenvalue weighted by Gasteiger charge is -2.39. The standard InChI is InChI=1S/C20H25N3O2/c1-25-19-7-2-15(3-8-19)4-9-20(24)23-16-5-6-17(23)13-18(12-16)22-11-10-21-14-22/h2-3,7-8,10-11,14,16-18H,4-6,9,12-13H2,1H3. The van der Waals surface area contributed by atoms with Gasteiger partial charge in [0.05, 0.1) is 13.4 Å². The molecule has 2 unspecified atom stereocenters. The number of ether oxygens (including phenoxy) is 1. The number of carbonyl (C=O) groups is 1. The zero-order valence-corrected chi connectivity index (χ0v) is 14.7. The minimum absolute atomic E-state index is 0.312. The lowest BCUT2D eigenvalue weighted by atomic mass is 9.96. The zero-order chi connectivity index (χ0) is 17.2. The Morgan fingerprint density at radius 1 is 1.16 bits per heavy atom. The van der Waals surface area contributed by atoms with Gasteiger partial charge in [0.2, 0.25) is 5.91 Å². The van der Waals surface area contributed by atoms with Crippen LogP contribution in [0.1, 0.15) is 43.7 Å². The summed E-state index contributed by atoms with van der Waals surface area (Å²) in [5.41, 5.74) is 1.19. The van der Waals surface area contributed by atoms with Crippen LogP contribution in [-0.4, -0.2) is 39.6 Å². The van der Waals surface area contributed by atoms with Gasteiger partial charge in [-0.1, -0.05) is 12.1 Å². The SMILES string of the molecule is COc1ccc(CCC(=O)N2C3CCC2CC(n2ccnc2)C3)cc1. The van der Waals surface area contributed by atoms with Gasteiger partial charge in [-0.3, -0.25) is 4.79 Å². The summed E-state index contributed by atoms with van der Waals surface area (Å²) in [7, 11) is 1.67. The van der Waals surface area contributed by atoms with Gasteiger partial charge in [0, 0.05) is 36.9 Å². The first kappa shape index (κ1) is 16.2. The molecule has 132 valence electrons. The van der Waals surface area contributed by atoms with Crippen molar-refractivity contribution in [2.75, 3.05) is 7.11 Å². The van der Waals surface area contributed by atoms with Crippen molar-refractivity contribution in [1.82, 2.24) is 14.5 Å². The first-order valence-electron chi connectivity index (χ1n) is 9.16. The van der Waals surface area contributed by atoms with Gasteiger partial charge >= 0.3 is 0 Å². The molecule has 0 aliphatic carbocycles. The number of imidazole rings is 1. The molecule has 0 N–H and O–H groups in total. The van der Waals surface area contributed by atoms with Crippen LogP contribution < -0.4 is 4.74 Å². The quantitative estimate of drug-likeness (QED) is 0.840. The van der Waals surface area contributed by atoms with Gasteiger partial charge in [-0.25, -0.2) is 4.98 Å². The van der Waals surface area contributed by atoms with Crippen molar-refractivity contribution in [1.29, 1.82) is 0 Å². The van der Waals surface area contributed by atoms with Crippen LogP contribution in [0.4, 0.5) is 0 Å². The maximum atomic E-state index is 12.8. The maximum absolute atomic E-state index is 12.8. The van der Waals surface area contributed by atoms with Gasteiger partial charge < -0.3 is 14.2 Å². The van der Waals surface area contributed by atoms with Crippen molar-refractivity contribution >= 4 is 5.91 Å². The summed E-state index contributed by atoms with van der Waals surface area (Å²) in [4.78, 5) is 19.2. The number of hydrogen-bond acceptors (Lipinski definition) is 3. The van der Waals surface area contributed by atoms with E-state index in [1.54, 1.807) is 7.11 Å². The lowest BCUT2D eigenvalue weighted by molar-refractivity contribution is -0.136. The fraction of sp³-hybridized carbons (Fsp3) is 0.500. The molecule has 5 heteroatoms. The predicted molar refractivity (Wildman–Crippen MR) is 95.5 cm³/mol. The average molecular weight is 339 g/mol. The number of aromatic nitrogens is 2. The van der Waals surface area contributed by atoms with Gasteiger partial charge in [0.15, 0.2) is 0 Å². The third-order valence-electron chi connectivity index (χ3n) is 5.73. The minimum atomic E-state index is 0.312. The van der Waals surface area contributed by atoms with E-state index in [2.05, 4.69) is 14.5 Å². The normalized spacial score (nSPS) is 25.2. The fourth-order valence-corrected chi connectivity index (χ4v) is 4.46. The predicted octanol–water partition coefficient (Wildman–Crippen LogP) is 3.22. The Labute approximate surface area is 148 Å². The van der Waals surface area contributed by atoms with E-state index >= 15 is 0 Å². The summed E-state index contributed by atoms with van der Waals surface area (Å²) >= 11 is 0. The summed E-state index contributed by atoms with van der Waals surface area (Å²) in [6, 6.07) is 9.30. The van der Waals surface area contributed by atoms with Crippen molar-refractivity contribution < 1.29 is 9.53 Å². The molecule has 0 saturated carbocycles. The van der Waals surface area contributed by atoms with Crippen LogP contribution in [0, 0.1) is 0 Å². The third-order valence-corrected chi connectivity index (χ3v) is 5.73. The van der Waals surface area contributed by atoms with Gasteiger partial charge in [-0.05, 0) is 49.8 Å². The van der Waals surface area contributed by atoms with Crippen LogP contribution in [0.5, 0.6) is 5.75 Å². The molecule has 3 heterocycles. The molecule has 0 spiro atoms. The largest absolute Gasteiger partial charge is 0.497 e. The summed E-state index contributed by atoms with van der Waals surface area (Å²) in [5, 5.41) is 0. The van der Waals surface area contributed by atoms with Crippen LogP contribution in [-0.2, 0) is 11.2 Å². The Bertz CT molecular complexity index is 697. The molecule has 0 radical (unpaired) electrons. The fourth-order valence-electron chi connectivity index (χ4n) is 4.46. The first-order chi connectivity index (χ1) is 12.2. The first-order valence-corrected chi connectivity index (χ1v) is 9.16. The highest BCUT2D eigenvalue weighted by atomic mass is 16.5. The Balaban J connectivity index is 1.36. The molecule has 1 aromatic heterocycles. The van der Waals surface area contributed by atoms with Crippen LogP contribution >= 0.6 is 0 Å². The van der Waals surface area contributed by atoms with Crippen molar-refractivity contribution in [2.24, 2.45) is 0 Å². The van der Waals surface area contributed by atoms with Crippen LogP contribution in [0.3, 0.4) is 0 Å². The number of nitrogens with zero attached hydrogens (tertiary/aromatic N) is 3. The molecule has 1 aromatic carbocycles. The van der Waals surface area contributed by atoms with Gasteiger partial charge in [-0.2, -0.15) is 0 Å². The molecule has 2 fully saturated rings. The number of amides is 1. The van der Waals surface area contributed by atoms with Crippen molar-refractivity contribution in [3.8, 4) is 5.75 Å². The van der Waals surface area contributed by atoms with Gasteiger partial charge in [0.1, 0.15) is 5.75 Å². The molecule has 5 nitrogen and oxygen atoms in total. The maximum Gasteiger partial charge on any atom is 0.223 e. The Morgan fingerprint density at radius 2 is 1.88 bits per heavy atom. The van der Waals surface area contributed by atoms with E-state index in [0.717, 1.165) is 37.9 Å². The van der Waals surface area contributed by atoms with Gasteiger partial charge in [0.25, 0.3) is 0 Å². The molecule has 2 bridgehead atoms. The Morgan fingerprint density at radius 3 is 2.48 bits per heavy atom. The van der Waals surface area contributed by atoms with E-state index in [4.69, 9.17) is 4.74 Å². The zero-order valence-electron chi connectivity index (χ0n) is 14.7. The topological polar surface area (TPSA) is 47.4 Å². The summed E-state index contributed by atoms with van der Waals surface area (Å²) < 4.78 is 7.40. The van der Waals surface area contributed by atoms with E-state index in [1.165, 1.54) is 5.56 Å². The molecule has 4 rings (SSSR count). The number of aryl methyl sites for hydroxylation is 1. The molecular weight excluding hydrogens is 314 g/mol. The number of hydrogen-bond donors (Lipinski definition) is 0. The van der Waals surface area contributed by atoms with E-state index < -0.39 is 0 Å². The molecule has 2 atom stereocenters. The summed E-state index contributed by atoms with van der Waals surface area (Å²) in [5.74, 6) is 1.17. The molecule has 25 heavy (non-hydrogen) atoms. The molecule has 2 saturated heterocycles.